The Bertz CT molecular complexity index is 1200. The Kier molecular flexibility index (Phi) is 5.89. The molecule has 2 amide bonds. The predicted octanol–water partition coefficient (Wildman–Crippen LogP) is 4.63. The van der Waals surface area contributed by atoms with Gasteiger partial charge in [-0.1, -0.05) is 36.4 Å². The SMILES string of the molecule is CCOc1ccccc1NC1=C(c2ccc(F)cc2)C(=O)N(c2ccccc2OC)C1=O. The van der Waals surface area contributed by atoms with Crippen LogP contribution in [0.25, 0.3) is 5.57 Å². The van der Waals surface area contributed by atoms with Crippen LogP contribution in [0.15, 0.2) is 78.5 Å². The maximum Gasteiger partial charge on any atom is 0.282 e. The van der Waals surface area contributed by atoms with E-state index in [2.05, 4.69) is 5.32 Å². The summed E-state index contributed by atoms with van der Waals surface area (Å²) in [5.74, 6) is -0.614. The van der Waals surface area contributed by atoms with Crippen molar-refractivity contribution in [1.29, 1.82) is 0 Å². The van der Waals surface area contributed by atoms with Crippen molar-refractivity contribution in [3.63, 3.8) is 0 Å². The van der Waals surface area contributed by atoms with Crippen LogP contribution in [-0.4, -0.2) is 25.5 Å². The Hall–Kier alpha value is -4.13. The lowest BCUT2D eigenvalue weighted by atomic mass is 10.0. The largest absolute Gasteiger partial charge is 0.495 e. The van der Waals surface area contributed by atoms with Crippen molar-refractivity contribution in [2.45, 2.75) is 6.92 Å². The quantitative estimate of drug-likeness (QED) is 0.552. The molecule has 0 atom stereocenters. The third-order valence-electron chi connectivity index (χ3n) is 4.99. The Labute approximate surface area is 184 Å². The molecule has 32 heavy (non-hydrogen) atoms. The average molecular weight is 432 g/mol. The van der Waals surface area contributed by atoms with E-state index in [1.54, 1.807) is 42.5 Å². The molecule has 3 aromatic carbocycles. The van der Waals surface area contributed by atoms with Gasteiger partial charge in [-0.25, -0.2) is 9.29 Å². The van der Waals surface area contributed by atoms with Crippen molar-refractivity contribution in [2.24, 2.45) is 0 Å². The zero-order valence-electron chi connectivity index (χ0n) is 17.6. The van der Waals surface area contributed by atoms with E-state index in [-0.39, 0.29) is 11.3 Å². The second-order valence-corrected chi connectivity index (χ2v) is 6.93. The molecule has 0 unspecified atom stereocenters. The van der Waals surface area contributed by atoms with Crippen LogP contribution >= 0.6 is 0 Å². The third-order valence-corrected chi connectivity index (χ3v) is 4.99. The van der Waals surface area contributed by atoms with Gasteiger partial charge in [-0.2, -0.15) is 0 Å². The number of carbonyl (C=O) groups is 2. The number of halogens is 1. The van der Waals surface area contributed by atoms with Gasteiger partial charge < -0.3 is 14.8 Å². The summed E-state index contributed by atoms with van der Waals surface area (Å²) >= 11 is 0. The zero-order chi connectivity index (χ0) is 22.7. The fourth-order valence-corrected chi connectivity index (χ4v) is 3.55. The second-order valence-electron chi connectivity index (χ2n) is 6.93. The molecule has 3 aromatic rings. The Morgan fingerprint density at radius 1 is 0.875 bits per heavy atom. The number of para-hydroxylation sites is 4. The first-order chi connectivity index (χ1) is 15.5. The molecule has 0 spiro atoms. The van der Waals surface area contributed by atoms with Gasteiger partial charge in [-0.15, -0.1) is 0 Å². The van der Waals surface area contributed by atoms with Gasteiger partial charge in [-0.3, -0.25) is 9.59 Å². The van der Waals surface area contributed by atoms with Gasteiger partial charge in [0, 0.05) is 0 Å². The molecule has 1 heterocycles. The molecule has 1 N–H and O–H groups in total. The highest BCUT2D eigenvalue weighted by atomic mass is 19.1. The Balaban J connectivity index is 1.85. The highest BCUT2D eigenvalue weighted by Crippen LogP contribution is 2.38. The molecular formula is C25H21FN2O4. The third kappa shape index (κ3) is 3.80. The van der Waals surface area contributed by atoms with E-state index in [1.807, 2.05) is 13.0 Å². The number of ether oxygens (including phenoxy) is 2. The van der Waals surface area contributed by atoms with Crippen LogP contribution in [-0.2, 0) is 9.59 Å². The number of nitrogens with zero attached hydrogens (tertiary/aromatic N) is 1. The van der Waals surface area contributed by atoms with Crippen LogP contribution in [0.3, 0.4) is 0 Å². The van der Waals surface area contributed by atoms with E-state index >= 15 is 0 Å². The summed E-state index contributed by atoms with van der Waals surface area (Å²) in [5, 5.41) is 3.08. The maximum absolute atomic E-state index is 13.5. The summed E-state index contributed by atoms with van der Waals surface area (Å²) in [4.78, 5) is 28.1. The summed E-state index contributed by atoms with van der Waals surface area (Å²) in [6, 6.07) is 19.3. The first-order valence-corrected chi connectivity index (χ1v) is 10.1. The van der Waals surface area contributed by atoms with Crippen LogP contribution in [0.1, 0.15) is 12.5 Å². The topological polar surface area (TPSA) is 67.9 Å². The lowest BCUT2D eigenvalue weighted by molar-refractivity contribution is -0.120. The maximum atomic E-state index is 13.5. The number of carbonyl (C=O) groups excluding carboxylic acids is 2. The van der Waals surface area contributed by atoms with Crippen molar-refractivity contribution < 1.29 is 23.5 Å². The molecule has 4 rings (SSSR count). The van der Waals surface area contributed by atoms with Crippen LogP contribution < -0.4 is 19.7 Å². The lowest BCUT2D eigenvalue weighted by Gasteiger charge is -2.18. The highest BCUT2D eigenvalue weighted by Gasteiger charge is 2.41. The predicted molar refractivity (Wildman–Crippen MR) is 120 cm³/mol. The molecule has 1 aliphatic rings. The van der Waals surface area contributed by atoms with E-state index in [0.717, 1.165) is 4.90 Å². The fourth-order valence-electron chi connectivity index (χ4n) is 3.55. The van der Waals surface area contributed by atoms with Gasteiger partial charge >= 0.3 is 0 Å². The summed E-state index contributed by atoms with van der Waals surface area (Å²) in [7, 11) is 1.47. The molecule has 0 aliphatic carbocycles. The number of amides is 2. The number of benzene rings is 3. The highest BCUT2D eigenvalue weighted by molar-refractivity contribution is 6.46. The molecule has 0 aromatic heterocycles. The van der Waals surface area contributed by atoms with Crippen LogP contribution in [0.2, 0.25) is 0 Å². The van der Waals surface area contributed by atoms with Gasteiger partial charge in [0.05, 0.1) is 30.7 Å². The number of hydrogen-bond donors (Lipinski definition) is 1. The molecule has 0 saturated carbocycles. The minimum atomic E-state index is -0.551. The smallest absolute Gasteiger partial charge is 0.282 e. The van der Waals surface area contributed by atoms with Crippen LogP contribution in [0.4, 0.5) is 15.8 Å². The minimum Gasteiger partial charge on any atom is -0.495 e. The second kappa shape index (κ2) is 8.93. The molecule has 0 radical (unpaired) electrons. The molecule has 0 saturated heterocycles. The summed E-state index contributed by atoms with van der Waals surface area (Å²) in [5.41, 5.74) is 1.47. The molecular weight excluding hydrogens is 411 g/mol. The Morgan fingerprint density at radius 3 is 2.22 bits per heavy atom. The molecule has 6 nitrogen and oxygen atoms in total. The number of hydrogen-bond acceptors (Lipinski definition) is 5. The van der Waals surface area contributed by atoms with E-state index in [9.17, 15) is 14.0 Å². The lowest BCUT2D eigenvalue weighted by Crippen LogP contribution is -2.32. The van der Waals surface area contributed by atoms with Gasteiger partial charge in [0.15, 0.2) is 0 Å². The van der Waals surface area contributed by atoms with Crippen LogP contribution in [0.5, 0.6) is 11.5 Å². The molecule has 0 bridgehead atoms. The number of anilines is 2. The molecule has 1 aliphatic heterocycles. The van der Waals surface area contributed by atoms with E-state index < -0.39 is 17.6 Å². The van der Waals surface area contributed by atoms with Crippen molar-refractivity contribution in [2.75, 3.05) is 23.9 Å². The summed E-state index contributed by atoms with van der Waals surface area (Å²) < 4.78 is 24.6. The summed E-state index contributed by atoms with van der Waals surface area (Å²) in [6.07, 6.45) is 0. The van der Waals surface area contributed by atoms with Gasteiger partial charge in [0.1, 0.15) is 23.0 Å². The van der Waals surface area contributed by atoms with E-state index in [0.29, 0.717) is 35.0 Å². The fraction of sp³-hybridized carbons (Fsp3) is 0.120. The normalized spacial score (nSPS) is 13.5. The summed E-state index contributed by atoms with van der Waals surface area (Å²) in [6.45, 7) is 2.29. The molecule has 162 valence electrons. The first kappa shape index (κ1) is 21.1. The van der Waals surface area contributed by atoms with Crippen molar-refractivity contribution >= 4 is 28.8 Å². The van der Waals surface area contributed by atoms with Crippen molar-refractivity contribution in [3.8, 4) is 11.5 Å². The molecule has 7 heteroatoms. The number of nitrogens with one attached hydrogen (secondary N) is 1. The number of methoxy groups -OCH3 is 1. The van der Waals surface area contributed by atoms with Crippen molar-refractivity contribution in [3.05, 3.63) is 89.9 Å². The number of imide groups is 1. The van der Waals surface area contributed by atoms with Gasteiger partial charge in [-0.05, 0) is 48.9 Å². The minimum absolute atomic E-state index is 0.0691. The van der Waals surface area contributed by atoms with Crippen LogP contribution in [0, 0.1) is 5.82 Å². The zero-order valence-corrected chi connectivity index (χ0v) is 17.6. The van der Waals surface area contributed by atoms with Gasteiger partial charge in [0.2, 0.25) is 0 Å². The molecule has 0 fully saturated rings. The standard InChI is InChI=1S/C25H21FN2O4/c1-3-32-20-10-6-4-8-18(20)27-23-22(16-12-14-17(26)15-13-16)24(29)28(25(23)30)19-9-5-7-11-21(19)31-2/h4-15,27H,3H2,1-2H3. The monoisotopic (exact) mass is 432 g/mol. The van der Waals surface area contributed by atoms with E-state index in [4.69, 9.17) is 9.47 Å². The van der Waals surface area contributed by atoms with Crippen molar-refractivity contribution in [1.82, 2.24) is 0 Å². The Morgan fingerprint density at radius 2 is 1.53 bits per heavy atom. The average Bonchev–Trinajstić information content (AvgIpc) is 3.05. The van der Waals surface area contributed by atoms with E-state index in [1.165, 1.54) is 31.4 Å². The van der Waals surface area contributed by atoms with Gasteiger partial charge in [0.25, 0.3) is 11.8 Å². The number of rotatable bonds is 7. The first-order valence-electron chi connectivity index (χ1n) is 10.1.